The van der Waals surface area contributed by atoms with Crippen molar-refractivity contribution in [3.63, 3.8) is 0 Å². The second-order valence-corrected chi connectivity index (χ2v) is 9.21. The van der Waals surface area contributed by atoms with Gasteiger partial charge in [0.15, 0.2) is 0 Å². The van der Waals surface area contributed by atoms with E-state index in [1.807, 2.05) is 48.5 Å². The summed E-state index contributed by atoms with van der Waals surface area (Å²) in [5, 5.41) is 4.57. The van der Waals surface area contributed by atoms with Gasteiger partial charge in [0.25, 0.3) is 11.1 Å². The normalized spacial score (nSPS) is 14.4. The van der Waals surface area contributed by atoms with Crippen molar-refractivity contribution >= 4 is 51.4 Å². The number of nitrogens with one attached hydrogen (secondary N) is 1. The second-order valence-electron chi connectivity index (χ2n) is 8.22. The number of ether oxygens (including phenoxy) is 1. The number of hydrogen-bond donors (Lipinski definition) is 1. The molecule has 0 unspecified atom stereocenters. The van der Waals surface area contributed by atoms with Crippen LogP contribution in [0.3, 0.4) is 0 Å². The molecule has 0 spiro atoms. The highest BCUT2D eigenvalue weighted by atomic mass is 32.2. The lowest BCUT2D eigenvalue weighted by Crippen LogP contribution is -2.36. The highest BCUT2D eigenvalue weighted by Crippen LogP contribution is 2.32. The molecule has 178 valence electrons. The number of nitrogens with zero attached hydrogens (tertiary/aromatic N) is 1. The number of carbonyl (C=O) groups is 3. The van der Waals surface area contributed by atoms with Crippen molar-refractivity contribution in [3.8, 4) is 5.75 Å². The number of carbonyl (C=O) groups excluding carboxylic acids is 3. The van der Waals surface area contributed by atoms with Gasteiger partial charge in [-0.05, 0) is 70.1 Å². The average Bonchev–Trinajstić information content (AvgIpc) is 3.16. The Kier molecular flexibility index (Phi) is 6.82. The van der Waals surface area contributed by atoms with Gasteiger partial charge in [-0.2, -0.15) is 0 Å². The van der Waals surface area contributed by atoms with E-state index in [2.05, 4.69) is 29.6 Å². The Balaban J connectivity index is 1.19. The number of amides is 3. The number of benzene rings is 4. The number of imide groups is 1. The van der Waals surface area contributed by atoms with E-state index >= 15 is 0 Å². The van der Waals surface area contributed by atoms with Gasteiger partial charge in [0, 0.05) is 5.69 Å². The smallest absolute Gasteiger partial charge is 0.294 e. The van der Waals surface area contributed by atoms with E-state index in [0.717, 1.165) is 27.8 Å². The summed E-state index contributed by atoms with van der Waals surface area (Å²) in [6.07, 6.45) is 1.65. The van der Waals surface area contributed by atoms with Crippen LogP contribution >= 0.6 is 11.8 Å². The van der Waals surface area contributed by atoms with Crippen LogP contribution in [0.5, 0.6) is 5.75 Å². The first-order valence-electron chi connectivity index (χ1n) is 11.4. The summed E-state index contributed by atoms with van der Waals surface area (Å²) in [5.41, 5.74) is 2.43. The summed E-state index contributed by atoms with van der Waals surface area (Å²) in [6, 6.07) is 30.6. The number of hydrogen-bond acceptors (Lipinski definition) is 5. The molecule has 0 aromatic heterocycles. The van der Waals surface area contributed by atoms with Crippen LogP contribution in [0.4, 0.5) is 10.5 Å². The van der Waals surface area contributed by atoms with Gasteiger partial charge in [0.2, 0.25) is 5.91 Å². The van der Waals surface area contributed by atoms with Crippen molar-refractivity contribution in [2.75, 3.05) is 11.9 Å². The quantitative estimate of drug-likeness (QED) is 0.315. The summed E-state index contributed by atoms with van der Waals surface area (Å²) in [7, 11) is 0. The zero-order chi connectivity index (χ0) is 24.9. The van der Waals surface area contributed by atoms with E-state index in [0.29, 0.717) is 18.0 Å². The average molecular weight is 495 g/mol. The molecule has 1 aliphatic heterocycles. The molecule has 5 rings (SSSR count). The van der Waals surface area contributed by atoms with E-state index in [4.69, 9.17) is 4.74 Å². The van der Waals surface area contributed by atoms with Gasteiger partial charge in [-0.3, -0.25) is 19.3 Å². The van der Waals surface area contributed by atoms with Gasteiger partial charge in [-0.15, -0.1) is 0 Å². The lowest BCUT2D eigenvalue weighted by atomic mass is 10.1. The van der Waals surface area contributed by atoms with Crippen LogP contribution in [0.15, 0.2) is 102 Å². The zero-order valence-corrected chi connectivity index (χ0v) is 20.0. The summed E-state index contributed by atoms with van der Waals surface area (Å²) in [6.45, 7) is 0.104. The van der Waals surface area contributed by atoms with Crippen molar-refractivity contribution in [1.82, 2.24) is 4.90 Å². The molecule has 0 bridgehead atoms. The third kappa shape index (κ3) is 5.47. The van der Waals surface area contributed by atoms with Crippen LogP contribution in [0, 0.1) is 0 Å². The van der Waals surface area contributed by atoms with E-state index < -0.39 is 17.1 Å². The molecule has 36 heavy (non-hydrogen) atoms. The van der Waals surface area contributed by atoms with Crippen molar-refractivity contribution in [2.24, 2.45) is 0 Å². The molecular weight excluding hydrogens is 472 g/mol. The van der Waals surface area contributed by atoms with Crippen LogP contribution in [0.2, 0.25) is 0 Å². The number of fused-ring (bicyclic) bond motifs is 1. The predicted molar refractivity (Wildman–Crippen MR) is 142 cm³/mol. The lowest BCUT2D eigenvalue weighted by molar-refractivity contribution is -0.127. The van der Waals surface area contributed by atoms with Gasteiger partial charge >= 0.3 is 0 Å². The largest absolute Gasteiger partial charge is 0.489 e. The highest BCUT2D eigenvalue weighted by Gasteiger charge is 2.36. The fraction of sp³-hybridized carbons (Fsp3) is 0.0690. The topological polar surface area (TPSA) is 75.7 Å². The lowest BCUT2D eigenvalue weighted by Gasteiger charge is -2.12. The van der Waals surface area contributed by atoms with Crippen molar-refractivity contribution in [1.29, 1.82) is 0 Å². The predicted octanol–water partition coefficient (Wildman–Crippen LogP) is 6.09. The Bertz CT molecular complexity index is 1470. The standard InChI is InChI=1S/C29H22N2O4S/c32-27(30-24-8-2-1-3-9-24)18-31-28(33)26(36-29(31)34)17-20-11-14-25(15-12-20)35-19-21-10-13-22-6-4-5-7-23(22)16-21/h1-17H,18-19H2,(H,30,32)/b26-17+. The number of thioether (sulfide) groups is 1. The van der Waals surface area contributed by atoms with Gasteiger partial charge < -0.3 is 10.1 Å². The zero-order valence-electron chi connectivity index (χ0n) is 19.2. The minimum absolute atomic E-state index is 0.275. The maximum atomic E-state index is 12.7. The molecule has 1 saturated heterocycles. The number of anilines is 1. The maximum absolute atomic E-state index is 12.7. The first-order valence-corrected chi connectivity index (χ1v) is 12.2. The van der Waals surface area contributed by atoms with Crippen LogP contribution in [0.25, 0.3) is 16.8 Å². The molecule has 4 aromatic rings. The third-order valence-corrected chi connectivity index (χ3v) is 6.54. The summed E-state index contributed by atoms with van der Waals surface area (Å²) in [4.78, 5) is 38.6. The van der Waals surface area contributed by atoms with E-state index in [1.165, 1.54) is 10.8 Å². The Labute approximate surface area is 212 Å². The Morgan fingerprint density at radius 2 is 1.58 bits per heavy atom. The second kappa shape index (κ2) is 10.5. The molecule has 0 atom stereocenters. The van der Waals surface area contributed by atoms with Crippen molar-refractivity contribution in [3.05, 3.63) is 113 Å². The minimum Gasteiger partial charge on any atom is -0.489 e. The highest BCUT2D eigenvalue weighted by molar-refractivity contribution is 8.18. The molecule has 4 aromatic carbocycles. The van der Waals surface area contributed by atoms with Gasteiger partial charge in [0.05, 0.1) is 4.91 Å². The third-order valence-electron chi connectivity index (χ3n) is 5.63. The SMILES string of the molecule is O=C(CN1C(=O)S/C(=C/c2ccc(OCc3ccc4ccccc4c3)cc2)C1=O)Nc1ccccc1. The summed E-state index contributed by atoms with van der Waals surface area (Å²) >= 11 is 0.825. The van der Waals surface area contributed by atoms with Crippen molar-refractivity contribution < 1.29 is 19.1 Å². The van der Waals surface area contributed by atoms with Crippen molar-refractivity contribution in [2.45, 2.75) is 6.61 Å². The number of para-hydroxylation sites is 1. The van der Waals surface area contributed by atoms with Gasteiger partial charge in [0.1, 0.15) is 18.9 Å². The monoisotopic (exact) mass is 494 g/mol. The molecule has 1 fully saturated rings. The molecular formula is C29H22N2O4S. The van der Waals surface area contributed by atoms with Crippen LogP contribution in [-0.4, -0.2) is 28.5 Å². The maximum Gasteiger partial charge on any atom is 0.294 e. The first-order chi connectivity index (χ1) is 17.5. The van der Waals surface area contributed by atoms with E-state index in [9.17, 15) is 14.4 Å². The molecule has 3 amide bonds. The summed E-state index contributed by atoms with van der Waals surface area (Å²) in [5.74, 6) is -0.214. The van der Waals surface area contributed by atoms with Crippen LogP contribution < -0.4 is 10.1 Å². The molecule has 1 aliphatic rings. The Morgan fingerprint density at radius 3 is 2.36 bits per heavy atom. The fourth-order valence-electron chi connectivity index (χ4n) is 3.81. The van der Waals surface area contributed by atoms with E-state index in [1.54, 1.807) is 30.3 Å². The minimum atomic E-state index is -0.482. The molecule has 7 heteroatoms. The molecule has 6 nitrogen and oxygen atoms in total. The molecule has 0 saturated carbocycles. The Morgan fingerprint density at radius 1 is 0.861 bits per heavy atom. The Hall–Kier alpha value is -4.36. The molecule has 0 aliphatic carbocycles. The molecule has 1 N–H and O–H groups in total. The van der Waals surface area contributed by atoms with Gasteiger partial charge in [-0.1, -0.05) is 66.7 Å². The van der Waals surface area contributed by atoms with Crippen LogP contribution in [0.1, 0.15) is 11.1 Å². The molecule has 0 radical (unpaired) electrons. The molecule has 1 heterocycles. The van der Waals surface area contributed by atoms with E-state index in [-0.39, 0.29) is 11.4 Å². The van der Waals surface area contributed by atoms with Crippen LogP contribution in [-0.2, 0) is 16.2 Å². The summed E-state index contributed by atoms with van der Waals surface area (Å²) < 4.78 is 5.91. The number of rotatable bonds is 7. The fourth-order valence-corrected chi connectivity index (χ4v) is 4.65. The first kappa shape index (κ1) is 23.4. The van der Waals surface area contributed by atoms with Gasteiger partial charge in [-0.25, -0.2) is 0 Å².